The van der Waals surface area contributed by atoms with Crippen LogP contribution in [-0.4, -0.2) is 6.30 Å². The molecule has 0 aliphatic carbocycles. The van der Waals surface area contributed by atoms with Gasteiger partial charge in [0.15, 0.2) is 0 Å². The zero-order valence-corrected chi connectivity index (χ0v) is 9.82. The van der Waals surface area contributed by atoms with Gasteiger partial charge < -0.3 is 0 Å². The van der Waals surface area contributed by atoms with Crippen molar-refractivity contribution in [2.45, 2.75) is 13.2 Å². The molecular formula is C12H10F3NS. The highest BCUT2D eigenvalue weighted by atomic mass is 32.1. The summed E-state index contributed by atoms with van der Waals surface area (Å²) in [4.78, 5) is 2.23. The number of benzene rings is 1. The van der Waals surface area contributed by atoms with Crippen LogP contribution in [0.2, 0.25) is 0 Å². The van der Waals surface area contributed by atoms with Crippen molar-refractivity contribution in [2.24, 2.45) is 0 Å². The van der Waals surface area contributed by atoms with Gasteiger partial charge in [-0.15, -0.1) is 11.3 Å². The molecule has 2 aromatic rings. The van der Waals surface area contributed by atoms with Crippen LogP contribution in [0.1, 0.15) is 4.88 Å². The monoisotopic (exact) mass is 257 g/mol. The number of halogens is 3. The summed E-state index contributed by atoms with van der Waals surface area (Å²) in [6.45, 7) is 1.99. The van der Waals surface area contributed by atoms with Crippen LogP contribution < -0.4 is 5.32 Å². The maximum absolute atomic E-state index is 12.1. The van der Waals surface area contributed by atoms with Crippen LogP contribution in [0.5, 0.6) is 0 Å². The van der Waals surface area contributed by atoms with E-state index in [1.807, 2.05) is 19.1 Å². The number of aryl methyl sites for hydroxylation is 1. The summed E-state index contributed by atoms with van der Waals surface area (Å²) in [6, 6.07) is 10.2. The molecule has 1 aromatic carbocycles. The molecule has 0 aliphatic rings. The van der Waals surface area contributed by atoms with Crippen molar-refractivity contribution in [1.29, 1.82) is 0 Å². The molecule has 0 amide bonds. The normalized spacial score (nSPS) is 11.5. The highest BCUT2D eigenvalue weighted by Crippen LogP contribution is 2.29. The third-order valence-electron chi connectivity index (χ3n) is 2.20. The predicted molar refractivity (Wildman–Crippen MR) is 64.2 cm³/mol. The fourth-order valence-corrected chi connectivity index (χ4v) is 2.34. The molecule has 5 heteroatoms. The second kappa shape index (κ2) is 4.41. The maximum atomic E-state index is 12.1. The van der Waals surface area contributed by atoms with Crippen LogP contribution >= 0.6 is 11.3 Å². The van der Waals surface area contributed by atoms with Gasteiger partial charge >= 0.3 is 6.30 Å². The van der Waals surface area contributed by atoms with Gasteiger partial charge in [-0.3, -0.25) is 5.32 Å². The van der Waals surface area contributed by atoms with E-state index in [-0.39, 0.29) is 5.69 Å². The summed E-state index contributed by atoms with van der Waals surface area (Å²) in [5.74, 6) is 0. The van der Waals surface area contributed by atoms with Gasteiger partial charge in [0.05, 0.1) is 0 Å². The lowest BCUT2D eigenvalue weighted by Crippen LogP contribution is -2.20. The number of rotatable bonds is 2. The van der Waals surface area contributed by atoms with Crippen molar-refractivity contribution in [3.05, 3.63) is 41.3 Å². The van der Waals surface area contributed by atoms with Gasteiger partial charge in [-0.2, -0.15) is 13.2 Å². The first-order chi connectivity index (χ1) is 7.94. The third-order valence-corrected chi connectivity index (χ3v) is 3.25. The Kier molecular flexibility index (Phi) is 3.11. The Labute approximate surface area is 101 Å². The lowest BCUT2D eigenvalue weighted by atomic mass is 10.2. The Morgan fingerprint density at radius 3 is 2.12 bits per heavy atom. The van der Waals surface area contributed by atoms with Gasteiger partial charge in [0.25, 0.3) is 0 Å². The Bertz CT molecular complexity index is 499. The molecule has 0 aliphatic heterocycles. The molecule has 1 aromatic heterocycles. The van der Waals surface area contributed by atoms with Gasteiger partial charge in [-0.05, 0) is 36.8 Å². The van der Waals surface area contributed by atoms with E-state index >= 15 is 0 Å². The largest absolute Gasteiger partial charge is 0.482 e. The van der Waals surface area contributed by atoms with Crippen LogP contribution in [0.15, 0.2) is 36.4 Å². The minimum atomic E-state index is -4.39. The zero-order valence-electron chi connectivity index (χ0n) is 9.01. The smallest absolute Gasteiger partial charge is 0.298 e. The molecule has 0 saturated carbocycles. The first kappa shape index (κ1) is 12.0. The van der Waals surface area contributed by atoms with E-state index in [1.54, 1.807) is 23.5 Å². The van der Waals surface area contributed by atoms with E-state index in [0.717, 1.165) is 10.4 Å². The minimum absolute atomic E-state index is 0.0505. The third kappa shape index (κ3) is 3.23. The average molecular weight is 257 g/mol. The molecule has 0 unspecified atom stereocenters. The molecule has 17 heavy (non-hydrogen) atoms. The van der Waals surface area contributed by atoms with Gasteiger partial charge in [0, 0.05) is 15.4 Å². The second-order valence-electron chi connectivity index (χ2n) is 3.61. The van der Waals surface area contributed by atoms with Crippen molar-refractivity contribution in [1.82, 2.24) is 0 Å². The molecule has 0 fully saturated rings. The van der Waals surface area contributed by atoms with E-state index in [2.05, 4.69) is 0 Å². The number of hydrogen-bond donors (Lipinski definition) is 1. The molecule has 1 N–H and O–H groups in total. The minimum Gasteiger partial charge on any atom is -0.298 e. The molecule has 1 nitrogen and oxygen atoms in total. The second-order valence-corrected chi connectivity index (χ2v) is 4.90. The average Bonchev–Trinajstić information content (AvgIpc) is 2.63. The van der Waals surface area contributed by atoms with Crippen LogP contribution in [-0.2, 0) is 0 Å². The molecule has 0 radical (unpaired) electrons. The van der Waals surface area contributed by atoms with E-state index in [9.17, 15) is 13.2 Å². The summed E-state index contributed by atoms with van der Waals surface area (Å²) < 4.78 is 36.2. The lowest BCUT2D eigenvalue weighted by molar-refractivity contribution is -0.0999. The van der Waals surface area contributed by atoms with Crippen LogP contribution in [0.4, 0.5) is 18.9 Å². The number of alkyl halides is 3. The Morgan fingerprint density at radius 1 is 1.00 bits per heavy atom. The maximum Gasteiger partial charge on any atom is 0.482 e. The molecule has 0 bridgehead atoms. The van der Waals surface area contributed by atoms with Crippen molar-refractivity contribution < 1.29 is 13.2 Å². The number of nitrogens with one attached hydrogen (secondary N) is 1. The lowest BCUT2D eigenvalue weighted by Gasteiger charge is -2.09. The molecule has 0 saturated heterocycles. The van der Waals surface area contributed by atoms with E-state index in [4.69, 9.17) is 0 Å². The standard InChI is InChI=1S/C12H10F3NS/c1-8-2-7-11(17-8)9-3-5-10(6-4-9)16-12(13,14)15/h2-7,16H,1H3. The van der Waals surface area contributed by atoms with Crippen LogP contribution in [0.3, 0.4) is 0 Å². The van der Waals surface area contributed by atoms with Gasteiger partial charge in [0.1, 0.15) is 0 Å². The summed E-state index contributed by atoms with van der Waals surface area (Å²) in [6.07, 6.45) is -4.39. The molecule has 0 atom stereocenters. The van der Waals surface area contributed by atoms with Crippen LogP contribution in [0.25, 0.3) is 10.4 Å². The van der Waals surface area contributed by atoms with Crippen molar-refractivity contribution >= 4 is 17.0 Å². The van der Waals surface area contributed by atoms with Gasteiger partial charge in [-0.25, -0.2) is 0 Å². The number of thiophene rings is 1. The Hall–Kier alpha value is -1.49. The van der Waals surface area contributed by atoms with Crippen molar-refractivity contribution in [3.8, 4) is 10.4 Å². The first-order valence-electron chi connectivity index (χ1n) is 4.96. The topological polar surface area (TPSA) is 12.0 Å². The molecule has 2 rings (SSSR count). The van der Waals surface area contributed by atoms with E-state index in [0.29, 0.717) is 0 Å². The predicted octanol–water partition coefficient (Wildman–Crippen LogP) is 4.66. The van der Waals surface area contributed by atoms with E-state index in [1.165, 1.54) is 22.3 Å². The van der Waals surface area contributed by atoms with E-state index < -0.39 is 6.30 Å². The Morgan fingerprint density at radius 2 is 1.65 bits per heavy atom. The van der Waals surface area contributed by atoms with Gasteiger partial charge in [-0.1, -0.05) is 12.1 Å². The SMILES string of the molecule is Cc1ccc(-c2ccc(NC(F)(F)F)cc2)s1. The number of hydrogen-bond acceptors (Lipinski definition) is 2. The van der Waals surface area contributed by atoms with Gasteiger partial charge in [0.2, 0.25) is 0 Å². The highest BCUT2D eigenvalue weighted by Gasteiger charge is 2.26. The Balaban J connectivity index is 2.19. The summed E-state index contributed by atoms with van der Waals surface area (Å²) in [5.41, 5.74) is 0.977. The number of anilines is 1. The fourth-order valence-electron chi connectivity index (χ4n) is 1.47. The summed E-state index contributed by atoms with van der Waals surface area (Å²) >= 11 is 1.62. The van der Waals surface area contributed by atoms with Crippen LogP contribution in [0, 0.1) is 6.92 Å². The summed E-state index contributed by atoms with van der Waals surface area (Å²) in [5, 5.41) is 1.47. The zero-order chi connectivity index (χ0) is 12.5. The van der Waals surface area contributed by atoms with Crippen molar-refractivity contribution in [2.75, 3.05) is 5.32 Å². The molecular weight excluding hydrogens is 247 g/mol. The summed E-state index contributed by atoms with van der Waals surface area (Å²) in [7, 11) is 0. The fraction of sp³-hybridized carbons (Fsp3) is 0.167. The molecule has 90 valence electrons. The van der Waals surface area contributed by atoms with Crippen molar-refractivity contribution in [3.63, 3.8) is 0 Å². The molecule has 1 heterocycles. The first-order valence-corrected chi connectivity index (χ1v) is 5.77. The quantitative estimate of drug-likeness (QED) is 0.772. The molecule has 0 spiro atoms. The highest BCUT2D eigenvalue weighted by molar-refractivity contribution is 7.15.